The molecule has 1 aromatic rings. The molecule has 1 N–H and O–H groups in total. The Morgan fingerprint density at radius 3 is 1.69 bits per heavy atom. The Hall–Kier alpha value is -3.87. The van der Waals surface area contributed by atoms with E-state index in [0.717, 1.165) is 18.2 Å². The van der Waals surface area contributed by atoms with Crippen LogP contribution in [0.3, 0.4) is 0 Å². The van der Waals surface area contributed by atoms with Crippen molar-refractivity contribution in [1.29, 1.82) is 0 Å². The van der Waals surface area contributed by atoms with Gasteiger partial charge in [0.05, 0.1) is 5.57 Å². The average molecular weight is 356 g/mol. The molecule has 0 unspecified atom stereocenters. The van der Waals surface area contributed by atoms with Gasteiger partial charge in [0.15, 0.2) is 11.6 Å². The van der Waals surface area contributed by atoms with Gasteiger partial charge in [0.25, 0.3) is 0 Å². The number of rotatable bonds is 5. The minimum atomic E-state index is -1.31. The Balaban J connectivity index is 0.000000366. The smallest absolute Gasteiger partial charge is 0.339 e. The quantitative estimate of drug-likeness (QED) is 0.282. The van der Waals surface area contributed by atoms with Crippen LogP contribution < -0.4 is 0 Å². The van der Waals surface area contributed by atoms with E-state index < -0.39 is 29.3 Å². The van der Waals surface area contributed by atoms with Crippen molar-refractivity contribution < 1.29 is 33.8 Å². The van der Waals surface area contributed by atoms with Crippen LogP contribution in [0.5, 0.6) is 0 Å². The maximum absolute atomic E-state index is 10.9. The number of benzene rings is 1. The predicted octanol–water partition coefficient (Wildman–Crippen LogP) is 2.06. The van der Waals surface area contributed by atoms with E-state index in [0.29, 0.717) is 5.56 Å². The molecular formula is C19H16O7. The normalized spacial score (nSPS) is 10.9. The molecule has 0 atom stereocenters. The van der Waals surface area contributed by atoms with E-state index in [1.807, 2.05) is 18.2 Å². The first kappa shape index (κ1) is 22.1. The third-order valence-corrected chi connectivity index (χ3v) is 2.54. The van der Waals surface area contributed by atoms with Crippen molar-refractivity contribution in [3.63, 3.8) is 0 Å². The number of aliphatic carboxylic acids is 1. The van der Waals surface area contributed by atoms with Gasteiger partial charge >= 0.3 is 17.9 Å². The zero-order valence-electron chi connectivity index (χ0n) is 13.7. The highest BCUT2D eigenvalue weighted by Gasteiger charge is 2.10. The summed E-state index contributed by atoms with van der Waals surface area (Å²) in [4.78, 5) is 51.0. The number of hydrogen-bond donors (Lipinski definition) is 1. The lowest BCUT2D eigenvalue weighted by atomic mass is 10.1. The van der Waals surface area contributed by atoms with Gasteiger partial charge in [-0.1, -0.05) is 50.1 Å². The molecule has 0 saturated carbocycles. The molecule has 0 amide bonds. The summed E-state index contributed by atoms with van der Waals surface area (Å²) in [6.45, 7) is 9.48. The van der Waals surface area contributed by atoms with Crippen LogP contribution in [0.2, 0.25) is 0 Å². The minimum absolute atomic E-state index is 0.0272. The standard InChI is InChI=1S/C9H8O.C6H6O3.C4H2O3/c1-2-9(10)8-6-4-3-5-7-8;1-3-5(7)4(2)6(8)9;5-3-1-2-4(6)7-3/h2-7H,1H2;3H,1-2H2,(H,8,9);1-2H. The zero-order valence-corrected chi connectivity index (χ0v) is 13.7. The first-order chi connectivity index (χ1) is 12.2. The Labute approximate surface area is 149 Å². The van der Waals surface area contributed by atoms with Crippen LogP contribution in [0.4, 0.5) is 0 Å². The summed E-state index contributed by atoms with van der Waals surface area (Å²) in [6.07, 6.45) is 4.40. The lowest BCUT2D eigenvalue weighted by Gasteiger charge is -1.90. The Morgan fingerprint density at radius 1 is 0.923 bits per heavy atom. The Kier molecular flexibility index (Phi) is 9.90. The number of carbonyl (C=O) groups excluding carboxylic acids is 4. The number of carbonyl (C=O) groups is 5. The van der Waals surface area contributed by atoms with Crippen LogP contribution in [-0.2, 0) is 23.9 Å². The van der Waals surface area contributed by atoms with Crippen molar-refractivity contribution in [3.8, 4) is 0 Å². The molecule has 0 bridgehead atoms. The number of cyclic esters (lactones) is 2. The molecule has 1 aromatic carbocycles. The molecule has 0 spiro atoms. The first-order valence-electron chi connectivity index (χ1n) is 6.97. The van der Waals surface area contributed by atoms with E-state index in [4.69, 9.17) is 5.11 Å². The van der Waals surface area contributed by atoms with Gasteiger partial charge in [0.2, 0.25) is 0 Å². The number of hydrogen-bond acceptors (Lipinski definition) is 6. The number of carboxylic acids is 1. The minimum Gasteiger partial charge on any atom is -0.478 e. The molecule has 0 radical (unpaired) electrons. The summed E-state index contributed by atoms with van der Waals surface area (Å²) < 4.78 is 3.97. The number of allylic oxidation sites excluding steroid dienone is 2. The Bertz CT molecular complexity index is 754. The summed E-state index contributed by atoms with van der Waals surface area (Å²) in [5.41, 5.74) is 0.238. The second kappa shape index (κ2) is 11.6. The molecule has 7 heteroatoms. The lowest BCUT2D eigenvalue weighted by molar-refractivity contribution is -0.150. The van der Waals surface area contributed by atoms with E-state index >= 15 is 0 Å². The van der Waals surface area contributed by atoms with E-state index in [9.17, 15) is 24.0 Å². The summed E-state index contributed by atoms with van der Waals surface area (Å²) in [5.74, 6) is -3.14. The second-order valence-electron chi connectivity index (χ2n) is 4.36. The van der Waals surface area contributed by atoms with Gasteiger partial charge in [-0.3, -0.25) is 9.59 Å². The topological polar surface area (TPSA) is 115 Å². The molecular weight excluding hydrogens is 340 g/mol. The molecule has 134 valence electrons. The number of ketones is 2. The number of esters is 2. The van der Waals surface area contributed by atoms with Crippen LogP contribution in [0, 0.1) is 0 Å². The van der Waals surface area contributed by atoms with Crippen LogP contribution >= 0.6 is 0 Å². The van der Waals surface area contributed by atoms with Crippen LogP contribution in [0.1, 0.15) is 10.4 Å². The molecule has 1 heterocycles. The van der Waals surface area contributed by atoms with Gasteiger partial charge in [-0.15, -0.1) is 0 Å². The summed E-state index contributed by atoms with van der Waals surface area (Å²) in [6, 6.07) is 9.07. The maximum atomic E-state index is 10.9. The van der Waals surface area contributed by atoms with Crippen molar-refractivity contribution in [2.45, 2.75) is 0 Å². The summed E-state index contributed by atoms with van der Waals surface area (Å²) in [5, 5.41) is 8.12. The van der Waals surface area contributed by atoms with Gasteiger partial charge in [-0.25, -0.2) is 14.4 Å². The third kappa shape index (κ3) is 8.68. The number of ether oxygens (including phenoxy) is 1. The molecule has 1 aliphatic heterocycles. The second-order valence-corrected chi connectivity index (χ2v) is 4.36. The van der Waals surface area contributed by atoms with Crippen molar-refractivity contribution in [2.75, 3.05) is 0 Å². The van der Waals surface area contributed by atoms with Gasteiger partial charge in [-0.2, -0.15) is 0 Å². The molecule has 7 nitrogen and oxygen atoms in total. The highest BCUT2D eigenvalue weighted by Crippen LogP contribution is 1.99. The monoisotopic (exact) mass is 356 g/mol. The van der Waals surface area contributed by atoms with E-state index in [-0.39, 0.29) is 5.78 Å². The van der Waals surface area contributed by atoms with E-state index in [1.54, 1.807) is 12.1 Å². The lowest BCUT2D eigenvalue weighted by Crippen LogP contribution is -2.07. The SMILES string of the molecule is C=CC(=O)C(=C)C(=O)O.C=CC(=O)c1ccccc1.O=C1C=CC(=O)O1. The van der Waals surface area contributed by atoms with E-state index in [2.05, 4.69) is 24.5 Å². The fraction of sp³-hybridized carbons (Fsp3) is 0. The van der Waals surface area contributed by atoms with Crippen LogP contribution in [0.15, 0.2) is 79.9 Å². The van der Waals surface area contributed by atoms with Crippen LogP contribution in [-0.4, -0.2) is 34.6 Å². The van der Waals surface area contributed by atoms with Gasteiger partial charge in [-0.05, 0) is 12.2 Å². The molecule has 2 rings (SSSR count). The van der Waals surface area contributed by atoms with Crippen molar-refractivity contribution in [1.82, 2.24) is 0 Å². The zero-order chi connectivity index (χ0) is 20.1. The summed E-state index contributed by atoms with van der Waals surface area (Å²) >= 11 is 0. The molecule has 0 aromatic heterocycles. The molecule has 0 saturated heterocycles. The maximum Gasteiger partial charge on any atom is 0.339 e. The summed E-state index contributed by atoms with van der Waals surface area (Å²) in [7, 11) is 0. The average Bonchev–Trinajstić information content (AvgIpc) is 3.04. The number of carboxylic acid groups (broad SMARTS) is 1. The van der Waals surface area contributed by atoms with Crippen LogP contribution in [0.25, 0.3) is 0 Å². The first-order valence-corrected chi connectivity index (χ1v) is 6.97. The highest BCUT2D eigenvalue weighted by molar-refractivity contribution is 6.20. The van der Waals surface area contributed by atoms with Gasteiger partial charge < -0.3 is 9.84 Å². The fourth-order valence-electron chi connectivity index (χ4n) is 1.25. The largest absolute Gasteiger partial charge is 0.478 e. The third-order valence-electron chi connectivity index (χ3n) is 2.54. The Morgan fingerprint density at radius 2 is 1.42 bits per heavy atom. The van der Waals surface area contributed by atoms with Crippen molar-refractivity contribution in [2.24, 2.45) is 0 Å². The highest BCUT2D eigenvalue weighted by atomic mass is 16.6. The predicted molar refractivity (Wildman–Crippen MR) is 93.2 cm³/mol. The van der Waals surface area contributed by atoms with Crippen molar-refractivity contribution in [3.05, 3.63) is 85.5 Å². The van der Waals surface area contributed by atoms with Gasteiger partial charge in [0.1, 0.15) is 0 Å². The molecule has 1 aliphatic rings. The molecule has 0 fully saturated rings. The van der Waals surface area contributed by atoms with Gasteiger partial charge in [0, 0.05) is 17.7 Å². The molecule has 0 aliphatic carbocycles. The fourth-order valence-corrected chi connectivity index (χ4v) is 1.25. The molecule has 26 heavy (non-hydrogen) atoms. The van der Waals surface area contributed by atoms with Crippen molar-refractivity contribution >= 4 is 29.5 Å². The van der Waals surface area contributed by atoms with E-state index in [1.165, 1.54) is 6.08 Å².